The predicted molar refractivity (Wildman–Crippen MR) is 93.3 cm³/mol. The van der Waals surface area contributed by atoms with E-state index < -0.39 is 0 Å². The number of ether oxygens (including phenoxy) is 1. The van der Waals surface area contributed by atoms with Gasteiger partial charge in [0.1, 0.15) is 12.4 Å². The van der Waals surface area contributed by atoms with Gasteiger partial charge in [-0.1, -0.05) is 30.3 Å². The average molecular weight is 365 g/mol. The molecule has 0 fully saturated rings. The van der Waals surface area contributed by atoms with Gasteiger partial charge in [-0.05, 0) is 64.3 Å². The first-order valence-corrected chi connectivity index (χ1v) is 7.60. The highest BCUT2D eigenvalue weighted by atomic mass is 79.9. The SMILES string of the molecule is C=CCOc1ccc(C=Nc2ccc(C)c(Cl)c2)cc1Br. The molecule has 0 saturated heterocycles. The van der Waals surface area contributed by atoms with E-state index in [1.54, 1.807) is 12.3 Å². The zero-order valence-corrected chi connectivity index (χ0v) is 14.0. The summed E-state index contributed by atoms with van der Waals surface area (Å²) in [7, 11) is 0. The summed E-state index contributed by atoms with van der Waals surface area (Å²) in [5.41, 5.74) is 2.85. The maximum Gasteiger partial charge on any atom is 0.133 e. The van der Waals surface area contributed by atoms with E-state index in [0.717, 1.165) is 32.1 Å². The number of rotatable bonds is 5. The number of hydrogen-bond donors (Lipinski definition) is 0. The van der Waals surface area contributed by atoms with Gasteiger partial charge < -0.3 is 4.74 Å². The van der Waals surface area contributed by atoms with Crippen LogP contribution in [-0.2, 0) is 0 Å². The molecule has 2 aromatic carbocycles. The molecule has 4 heteroatoms. The number of halogens is 2. The van der Waals surface area contributed by atoms with E-state index in [-0.39, 0.29) is 0 Å². The lowest BCUT2D eigenvalue weighted by atomic mass is 10.2. The second-order valence-electron chi connectivity index (χ2n) is 4.48. The Morgan fingerprint density at radius 1 is 1.29 bits per heavy atom. The van der Waals surface area contributed by atoms with Gasteiger partial charge in [0, 0.05) is 11.2 Å². The van der Waals surface area contributed by atoms with Crippen LogP contribution in [0.3, 0.4) is 0 Å². The molecular formula is C17H15BrClNO. The van der Waals surface area contributed by atoms with Crippen LogP contribution >= 0.6 is 27.5 Å². The highest BCUT2D eigenvalue weighted by molar-refractivity contribution is 9.10. The molecule has 0 saturated carbocycles. The van der Waals surface area contributed by atoms with E-state index >= 15 is 0 Å². The first-order valence-electron chi connectivity index (χ1n) is 6.43. The third-order valence-electron chi connectivity index (χ3n) is 2.83. The average Bonchev–Trinajstić information content (AvgIpc) is 2.47. The molecule has 0 N–H and O–H groups in total. The molecule has 2 aromatic rings. The van der Waals surface area contributed by atoms with Gasteiger partial charge in [0.05, 0.1) is 10.2 Å². The van der Waals surface area contributed by atoms with Gasteiger partial charge in [0.15, 0.2) is 0 Å². The van der Waals surface area contributed by atoms with Crippen molar-refractivity contribution in [2.24, 2.45) is 4.99 Å². The number of aryl methyl sites for hydroxylation is 1. The Morgan fingerprint density at radius 3 is 2.76 bits per heavy atom. The summed E-state index contributed by atoms with van der Waals surface area (Å²) in [6.45, 7) is 6.07. The highest BCUT2D eigenvalue weighted by Gasteiger charge is 2.01. The minimum atomic E-state index is 0.480. The summed E-state index contributed by atoms with van der Waals surface area (Å²) in [5, 5.41) is 0.721. The number of hydrogen-bond acceptors (Lipinski definition) is 2. The maximum atomic E-state index is 6.08. The van der Waals surface area contributed by atoms with E-state index in [1.165, 1.54) is 0 Å². The minimum Gasteiger partial charge on any atom is -0.488 e. The van der Waals surface area contributed by atoms with E-state index in [0.29, 0.717) is 6.61 Å². The summed E-state index contributed by atoms with van der Waals surface area (Å²) in [5.74, 6) is 0.783. The molecule has 0 aromatic heterocycles. The van der Waals surface area contributed by atoms with Gasteiger partial charge in [0.25, 0.3) is 0 Å². The lowest BCUT2D eigenvalue weighted by molar-refractivity contribution is 0.361. The van der Waals surface area contributed by atoms with Crippen LogP contribution < -0.4 is 4.74 Å². The first-order chi connectivity index (χ1) is 10.1. The van der Waals surface area contributed by atoms with Crippen LogP contribution in [0, 0.1) is 6.92 Å². The van der Waals surface area contributed by atoms with Crippen LogP contribution in [0.5, 0.6) is 5.75 Å². The van der Waals surface area contributed by atoms with Crippen molar-refractivity contribution in [3.8, 4) is 5.75 Å². The molecule has 2 rings (SSSR count). The van der Waals surface area contributed by atoms with Gasteiger partial charge in [0.2, 0.25) is 0 Å². The largest absolute Gasteiger partial charge is 0.488 e. The van der Waals surface area contributed by atoms with Crippen molar-refractivity contribution in [2.45, 2.75) is 6.92 Å². The quantitative estimate of drug-likeness (QED) is 0.490. The van der Waals surface area contributed by atoms with Crippen molar-refractivity contribution in [3.05, 3.63) is 69.7 Å². The smallest absolute Gasteiger partial charge is 0.133 e. The zero-order chi connectivity index (χ0) is 15.2. The van der Waals surface area contributed by atoms with Gasteiger partial charge in [-0.15, -0.1) is 0 Å². The summed E-state index contributed by atoms with van der Waals surface area (Å²) >= 11 is 9.57. The summed E-state index contributed by atoms with van der Waals surface area (Å²) in [4.78, 5) is 4.42. The van der Waals surface area contributed by atoms with Crippen molar-refractivity contribution in [2.75, 3.05) is 6.61 Å². The van der Waals surface area contributed by atoms with Crippen LogP contribution in [0.1, 0.15) is 11.1 Å². The van der Waals surface area contributed by atoms with Crippen LogP contribution in [0.4, 0.5) is 5.69 Å². The zero-order valence-electron chi connectivity index (χ0n) is 11.6. The van der Waals surface area contributed by atoms with Crippen molar-refractivity contribution in [3.63, 3.8) is 0 Å². The molecule has 0 bridgehead atoms. The molecule has 2 nitrogen and oxygen atoms in total. The van der Waals surface area contributed by atoms with E-state index in [1.807, 2.05) is 43.3 Å². The fourth-order valence-corrected chi connectivity index (χ4v) is 2.36. The van der Waals surface area contributed by atoms with Gasteiger partial charge in [-0.25, -0.2) is 0 Å². The van der Waals surface area contributed by atoms with Gasteiger partial charge >= 0.3 is 0 Å². The standard InChI is InChI=1S/C17H15BrClNO/c1-3-8-21-17-7-5-13(9-15(17)18)11-20-14-6-4-12(2)16(19)10-14/h3-7,9-11H,1,8H2,2H3. The Balaban J connectivity index is 2.15. The minimum absolute atomic E-state index is 0.480. The Labute approximate surface area is 138 Å². The summed E-state index contributed by atoms with van der Waals surface area (Å²) in [6.07, 6.45) is 3.51. The normalized spacial score (nSPS) is 10.8. The van der Waals surface area contributed by atoms with Crippen LogP contribution in [0.2, 0.25) is 5.02 Å². The summed E-state index contributed by atoms with van der Waals surface area (Å²) in [6, 6.07) is 11.5. The van der Waals surface area contributed by atoms with Gasteiger partial charge in [-0.3, -0.25) is 4.99 Å². The molecule has 0 amide bonds. The van der Waals surface area contributed by atoms with Crippen LogP contribution in [0.15, 0.2) is 58.5 Å². The predicted octanol–water partition coefficient (Wildman–Crippen LogP) is 5.73. The molecule has 0 aliphatic carbocycles. The Bertz CT molecular complexity index is 682. The molecule has 0 aliphatic rings. The third-order valence-corrected chi connectivity index (χ3v) is 3.86. The lowest BCUT2D eigenvalue weighted by Gasteiger charge is -2.06. The first kappa shape index (κ1) is 15.8. The third kappa shape index (κ3) is 4.45. The monoisotopic (exact) mass is 363 g/mol. The van der Waals surface area contributed by atoms with E-state index in [9.17, 15) is 0 Å². The molecule has 0 atom stereocenters. The van der Waals surface area contributed by atoms with Gasteiger partial charge in [-0.2, -0.15) is 0 Å². The lowest BCUT2D eigenvalue weighted by Crippen LogP contribution is -1.94. The number of aliphatic imine (C=N–C) groups is 1. The molecule has 21 heavy (non-hydrogen) atoms. The highest BCUT2D eigenvalue weighted by Crippen LogP contribution is 2.26. The molecule has 0 heterocycles. The van der Waals surface area contributed by atoms with Crippen molar-refractivity contribution in [1.82, 2.24) is 0 Å². The summed E-state index contributed by atoms with van der Waals surface area (Å²) < 4.78 is 6.39. The van der Waals surface area contributed by atoms with E-state index in [2.05, 4.69) is 27.5 Å². The second-order valence-corrected chi connectivity index (χ2v) is 5.74. The van der Waals surface area contributed by atoms with Crippen LogP contribution in [-0.4, -0.2) is 12.8 Å². The Morgan fingerprint density at radius 2 is 2.10 bits per heavy atom. The molecule has 108 valence electrons. The Hall–Kier alpha value is -1.58. The Kier molecular flexibility index (Phi) is 5.59. The van der Waals surface area contributed by atoms with Crippen molar-refractivity contribution in [1.29, 1.82) is 0 Å². The number of nitrogens with zero attached hydrogens (tertiary/aromatic N) is 1. The molecule has 0 radical (unpaired) electrons. The van der Waals surface area contributed by atoms with Crippen molar-refractivity contribution >= 4 is 39.4 Å². The molecule has 0 unspecified atom stereocenters. The van der Waals surface area contributed by atoms with Crippen LogP contribution in [0.25, 0.3) is 0 Å². The second kappa shape index (κ2) is 7.43. The topological polar surface area (TPSA) is 21.6 Å². The van der Waals surface area contributed by atoms with Crippen molar-refractivity contribution < 1.29 is 4.74 Å². The fourth-order valence-electron chi connectivity index (χ4n) is 1.67. The maximum absolute atomic E-state index is 6.08. The molecule has 0 aliphatic heterocycles. The fraction of sp³-hybridized carbons (Fsp3) is 0.118. The molecular weight excluding hydrogens is 350 g/mol. The number of benzene rings is 2. The van der Waals surface area contributed by atoms with E-state index in [4.69, 9.17) is 16.3 Å². The molecule has 0 spiro atoms.